The first-order valence-corrected chi connectivity index (χ1v) is 8.08. The first kappa shape index (κ1) is 15.0. The Morgan fingerprint density at radius 3 is 2.23 bits per heavy atom. The summed E-state index contributed by atoms with van der Waals surface area (Å²) in [6.45, 7) is 8.75. The van der Waals surface area contributed by atoms with E-state index in [4.69, 9.17) is 0 Å². The zero-order valence-electron chi connectivity index (χ0n) is 13.7. The highest BCUT2D eigenvalue weighted by Crippen LogP contribution is 2.46. The van der Waals surface area contributed by atoms with Crippen LogP contribution in [0, 0.1) is 11.8 Å². The fraction of sp³-hybridized carbons (Fsp3) is 0.474. The number of fused-ring (bicyclic) bond motifs is 1. The zero-order valence-corrected chi connectivity index (χ0v) is 13.7. The highest BCUT2D eigenvalue weighted by atomic mass is 16.2. The molecule has 3 rings (SSSR count). The van der Waals surface area contributed by atoms with Crippen molar-refractivity contribution >= 4 is 11.8 Å². The Kier molecular flexibility index (Phi) is 3.67. The number of carbonyl (C=O) groups is 2. The number of benzene rings is 1. The number of imide groups is 1. The first-order chi connectivity index (χ1) is 10.4. The monoisotopic (exact) mass is 297 g/mol. The molecule has 2 amide bonds. The third kappa shape index (κ3) is 2.20. The summed E-state index contributed by atoms with van der Waals surface area (Å²) >= 11 is 0. The van der Waals surface area contributed by atoms with E-state index in [0.717, 1.165) is 12.0 Å². The molecule has 0 unspecified atom stereocenters. The Labute approximate surface area is 132 Å². The summed E-state index contributed by atoms with van der Waals surface area (Å²) in [5.41, 5.74) is 3.85. The fourth-order valence-electron chi connectivity index (χ4n) is 3.87. The predicted molar refractivity (Wildman–Crippen MR) is 86.3 cm³/mol. The lowest BCUT2D eigenvalue weighted by atomic mass is 9.88. The molecule has 1 aliphatic heterocycles. The van der Waals surface area contributed by atoms with Gasteiger partial charge in [-0.25, -0.2) is 0 Å². The maximum absolute atomic E-state index is 12.2. The van der Waals surface area contributed by atoms with Crippen LogP contribution in [-0.4, -0.2) is 16.7 Å². The third-order valence-electron chi connectivity index (χ3n) is 5.01. The molecule has 0 fully saturated rings. The first-order valence-electron chi connectivity index (χ1n) is 8.08. The molecule has 0 aromatic heterocycles. The Bertz CT molecular complexity index is 639. The van der Waals surface area contributed by atoms with E-state index in [0.29, 0.717) is 17.8 Å². The van der Waals surface area contributed by atoms with E-state index < -0.39 is 0 Å². The second-order valence-electron chi connectivity index (χ2n) is 7.01. The van der Waals surface area contributed by atoms with E-state index in [1.54, 1.807) is 0 Å². The molecule has 0 radical (unpaired) electrons. The van der Waals surface area contributed by atoms with E-state index in [-0.39, 0.29) is 17.9 Å². The average Bonchev–Trinajstić information content (AvgIpc) is 2.99. The van der Waals surface area contributed by atoms with Gasteiger partial charge in [0.25, 0.3) is 11.8 Å². The molecule has 1 aliphatic carbocycles. The molecule has 1 heterocycles. The van der Waals surface area contributed by atoms with Crippen LogP contribution in [0.4, 0.5) is 0 Å². The summed E-state index contributed by atoms with van der Waals surface area (Å²) in [6.07, 6.45) is 3.73. The quantitative estimate of drug-likeness (QED) is 0.799. The molecule has 2 aliphatic rings. The van der Waals surface area contributed by atoms with Gasteiger partial charge in [-0.15, -0.1) is 0 Å². The van der Waals surface area contributed by atoms with Crippen LogP contribution >= 0.6 is 0 Å². The van der Waals surface area contributed by atoms with Crippen molar-refractivity contribution in [1.82, 2.24) is 4.90 Å². The second-order valence-corrected chi connectivity index (χ2v) is 7.01. The van der Waals surface area contributed by atoms with Gasteiger partial charge in [-0.05, 0) is 40.9 Å². The van der Waals surface area contributed by atoms with Gasteiger partial charge in [0.2, 0.25) is 0 Å². The van der Waals surface area contributed by atoms with Gasteiger partial charge in [-0.2, -0.15) is 0 Å². The third-order valence-corrected chi connectivity index (χ3v) is 5.01. The van der Waals surface area contributed by atoms with Crippen molar-refractivity contribution in [2.75, 3.05) is 0 Å². The van der Waals surface area contributed by atoms with Gasteiger partial charge in [0, 0.05) is 12.2 Å². The second kappa shape index (κ2) is 5.38. The molecule has 22 heavy (non-hydrogen) atoms. The van der Waals surface area contributed by atoms with Crippen molar-refractivity contribution in [2.24, 2.45) is 11.8 Å². The topological polar surface area (TPSA) is 37.4 Å². The molecule has 0 spiro atoms. The lowest BCUT2D eigenvalue weighted by molar-refractivity contribution is -0.141. The highest BCUT2D eigenvalue weighted by molar-refractivity contribution is 6.13. The largest absolute Gasteiger partial charge is 0.269 e. The molecule has 116 valence electrons. The lowest BCUT2D eigenvalue weighted by Crippen LogP contribution is -2.38. The Hall–Kier alpha value is -1.90. The van der Waals surface area contributed by atoms with Gasteiger partial charge in [-0.3, -0.25) is 14.5 Å². The number of hydrogen-bond acceptors (Lipinski definition) is 2. The van der Waals surface area contributed by atoms with Crippen LogP contribution < -0.4 is 0 Å². The predicted octanol–water partition coefficient (Wildman–Crippen LogP) is 3.60. The summed E-state index contributed by atoms with van der Waals surface area (Å²) in [5, 5.41) is 0. The Balaban J connectivity index is 2.11. The Morgan fingerprint density at radius 2 is 1.68 bits per heavy atom. The van der Waals surface area contributed by atoms with Crippen LogP contribution in [0.2, 0.25) is 0 Å². The number of hydrogen-bond donors (Lipinski definition) is 0. The van der Waals surface area contributed by atoms with Gasteiger partial charge in [0.05, 0.1) is 6.04 Å². The van der Waals surface area contributed by atoms with Gasteiger partial charge >= 0.3 is 0 Å². The maximum atomic E-state index is 12.2. The van der Waals surface area contributed by atoms with Crippen LogP contribution in [0.5, 0.6) is 0 Å². The van der Waals surface area contributed by atoms with Crippen LogP contribution in [-0.2, 0) is 16.0 Å². The maximum Gasteiger partial charge on any atom is 0.254 e. The summed E-state index contributed by atoms with van der Waals surface area (Å²) in [4.78, 5) is 25.8. The molecule has 0 saturated heterocycles. The standard InChI is InChI=1S/C19H23NO2/c1-11(2)13-6-5-7-14-16(13)10-15(12(3)4)19(14)20-17(21)8-9-18(20)22/h5-9,11-12,15,19H,10H2,1-4H3/t15-,19+/m0/s1. The molecular weight excluding hydrogens is 274 g/mol. The summed E-state index contributed by atoms with van der Waals surface area (Å²) < 4.78 is 0. The Morgan fingerprint density at radius 1 is 1.05 bits per heavy atom. The molecule has 0 N–H and O–H groups in total. The van der Waals surface area contributed by atoms with Crippen molar-refractivity contribution in [3.8, 4) is 0 Å². The summed E-state index contributed by atoms with van der Waals surface area (Å²) in [5.74, 6) is 0.804. The molecule has 2 atom stereocenters. The van der Waals surface area contributed by atoms with Crippen molar-refractivity contribution < 1.29 is 9.59 Å². The van der Waals surface area contributed by atoms with Crippen LogP contribution in [0.15, 0.2) is 30.4 Å². The molecule has 3 heteroatoms. The van der Waals surface area contributed by atoms with Crippen LogP contribution in [0.3, 0.4) is 0 Å². The van der Waals surface area contributed by atoms with Crippen molar-refractivity contribution in [1.29, 1.82) is 0 Å². The van der Waals surface area contributed by atoms with Gasteiger partial charge in [-0.1, -0.05) is 45.9 Å². The number of nitrogens with zero attached hydrogens (tertiary/aromatic N) is 1. The smallest absolute Gasteiger partial charge is 0.254 e. The molecule has 0 saturated carbocycles. The minimum atomic E-state index is -0.177. The van der Waals surface area contributed by atoms with Crippen LogP contribution in [0.1, 0.15) is 56.3 Å². The molecule has 1 aromatic carbocycles. The van der Waals surface area contributed by atoms with Gasteiger partial charge < -0.3 is 0 Å². The summed E-state index contributed by atoms with van der Waals surface area (Å²) in [6, 6.07) is 6.20. The van der Waals surface area contributed by atoms with E-state index in [1.807, 2.05) is 0 Å². The fourth-order valence-corrected chi connectivity index (χ4v) is 3.87. The molecule has 1 aromatic rings. The van der Waals surface area contributed by atoms with Gasteiger partial charge in [0.15, 0.2) is 0 Å². The van der Waals surface area contributed by atoms with Crippen molar-refractivity contribution in [2.45, 2.75) is 46.1 Å². The van der Waals surface area contributed by atoms with E-state index in [9.17, 15) is 9.59 Å². The molecule has 3 nitrogen and oxygen atoms in total. The van der Waals surface area contributed by atoms with Crippen LogP contribution in [0.25, 0.3) is 0 Å². The minimum absolute atomic E-state index is 0.122. The normalized spacial score (nSPS) is 24.0. The van der Waals surface area contributed by atoms with Gasteiger partial charge in [0.1, 0.15) is 0 Å². The SMILES string of the molecule is CC(C)c1cccc2c1C[C@@H](C(C)C)[C@@H]2N1C(=O)C=CC1=O. The number of rotatable bonds is 3. The highest BCUT2D eigenvalue weighted by Gasteiger charge is 2.44. The molecular formula is C19H23NO2. The lowest BCUT2D eigenvalue weighted by Gasteiger charge is -2.31. The average molecular weight is 297 g/mol. The van der Waals surface area contributed by atoms with E-state index in [2.05, 4.69) is 45.9 Å². The molecule has 0 bridgehead atoms. The summed E-state index contributed by atoms with van der Waals surface area (Å²) in [7, 11) is 0. The number of amides is 2. The van der Waals surface area contributed by atoms with E-state index >= 15 is 0 Å². The van der Waals surface area contributed by atoms with Crippen molar-refractivity contribution in [3.63, 3.8) is 0 Å². The number of carbonyl (C=O) groups excluding carboxylic acids is 2. The minimum Gasteiger partial charge on any atom is -0.269 e. The van der Waals surface area contributed by atoms with Crippen molar-refractivity contribution in [3.05, 3.63) is 47.0 Å². The van der Waals surface area contributed by atoms with E-state index in [1.165, 1.54) is 28.2 Å². The zero-order chi connectivity index (χ0) is 16.0.